The van der Waals surface area contributed by atoms with Gasteiger partial charge in [0.05, 0.1) is 5.92 Å². The van der Waals surface area contributed by atoms with Crippen molar-refractivity contribution in [3.05, 3.63) is 83.9 Å². The SMILES string of the molecule is Cc1cccc(-c2noc(-c3ccc(NC(=O)[C@@H]4CC(=O)N(c5ccccc5C)C4)cc3)n2)c1. The van der Waals surface area contributed by atoms with E-state index in [9.17, 15) is 9.59 Å². The van der Waals surface area contributed by atoms with Crippen LogP contribution in [-0.4, -0.2) is 28.5 Å². The van der Waals surface area contributed by atoms with Gasteiger partial charge < -0.3 is 14.7 Å². The van der Waals surface area contributed by atoms with Gasteiger partial charge in [-0.2, -0.15) is 4.98 Å². The van der Waals surface area contributed by atoms with Crippen LogP contribution in [-0.2, 0) is 9.59 Å². The highest BCUT2D eigenvalue weighted by molar-refractivity contribution is 6.03. The molecule has 170 valence electrons. The monoisotopic (exact) mass is 452 g/mol. The molecular formula is C27H24N4O3. The molecule has 7 heteroatoms. The fourth-order valence-corrected chi connectivity index (χ4v) is 4.16. The summed E-state index contributed by atoms with van der Waals surface area (Å²) >= 11 is 0. The number of para-hydroxylation sites is 1. The number of nitrogens with zero attached hydrogens (tertiary/aromatic N) is 3. The van der Waals surface area contributed by atoms with E-state index < -0.39 is 5.92 Å². The Kier molecular flexibility index (Phi) is 5.67. The lowest BCUT2D eigenvalue weighted by Gasteiger charge is -2.19. The van der Waals surface area contributed by atoms with Gasteiger partial charge in [0.2, 0.25) is 17.6 Å². The molecule has 1 atom stereocenters. The summed E-state index contributed by atoms with van der Waals surface area (Å²) in [6.07, 6.45) is 0.196. The van der Waals surface area contributed by atoms with Crippen molar-refractivity contribution in [1.82, 2.24) is 10.1 Å². The second kappa shape index (κ2) is 8.94. The second-order valence-corrected chi connectivity index (χ2v) is 8.55. The quantitative estimate of drug-likeness (QED) is 0.460. The Morgan fingerprint density at radius 3 is 2.56 bits per heavy atom. The molecule has 0 unspecified atom stereocenters. The summed E-state index contributed by atoms with van der Waals surface area (Å²) in [5.41, 5.74) is 5.29. The minimum absolute atomic E-state index is 0.0365. The Hall–Kier alpha value is -4.26. The molecule has 7 nitrogen and oxygen atoms in total. The van der Waals surface area contributed by atoms with E-state index in [-0.39, 0.29) is 18.2 Å². The third-order valence-electron chi connectivity index (χ3n) is 6.00. The highest BCUT2D eigenvalue weighted by Gasteiger charge is 2.35. The zero-order chi connectivity index (χ0) is 23.7. The fourth-order valence-electron chi connectivity index (χ4n) is 4.16. The van der Waals surface area contributed by atoms with Crippen LogP contribution in [0.2, 0.25) is 0 Å². The van der Waals surface area contributed by atoms with E-state index in [1.54, 1.807) is 17.0 Å². The Morgan fingerprint density at radius 2 is 1.79 bits per heavy atom. The Morgan fingerprint density at radius 1 is 1.00 bits per heavy atom. The number of rotatable bonds is 5. The summed E-state index contributed by atoms with van der Waals surface area (Å²) in [5.74, 6) is 0.326. The molecule has 1 aromatic heterocycles. The largest absolute Gasteiger partial charge is 0.334 e. The molecule has 4 aromatic rings. The van der Waals surface area contributed by atoms with Gasteiger partial charge in [0, 0.05) is 35.5 Å². The van der Waals surface area contributed by atoms with Crippen LogP contribution < -0.4 is 10.2 Å². The molecule has 0 radical (unpaired) electrons. The summed E-state index contributed by atoms with van der Waals surface area (Å²) in [5, 5.41) is 7.00. The first-order valence-electron chi connectivity index (χ1n) is 11.2. The van der Waals surface area contributed by atoms with Crippen LogP contribution in [0.4, 0.5) is 11.4 Å². The maximum atomic E-state index is 12.8. The molecule has 3 aromatic carbocycles. The molecule has 1 aliphatic heterocycles. The predicted octanol–water partition coefficient (Wildman–Crippen LogP) is 5.01. The van der Waals surface area contributed by atoms with Gasteiger partial charge in [0.1, 0.15) is 0 Å². The second-order valence-electron chi connectivity index (χ2n) is 8.55. The first kappa shape index (κ1) is 21.6. The van der Waals surface area contributed by atoms with Gasteiger partial charge in [-0.1, -0.05) is 47.1 Å². The van der Waals surface area contributed by atoms with Crippen LogP contribution in [0.3, 0.4) is 0 Å². The number of carbonyl (C=O) groups excluding carboxylic acids is 2. The fraction of sp³-hybridized carbons (Fsp3) is 0.185. The van der Waals surface area contributed by atoms with E-state index in [0.717, 1.165) is 27.9 Å². The van der Waals surface area contributed by atoms with Gasteiger partial charge >= 0.3 is 0 Å². The molecule has 1 N–H and O–H groups in total. The summed E-state index contributed by atoms with van der Waals surface area (Å²) in [4.78, 5) is 31.6. The van der Waals surface area contributed by atoms with E-state index >= 15 is 0 Å². The summed E-state index contributed by atoms with van der Waals surface area (Å²) in [6.45, 7) is 4.35. The molecule has 5 rings (SSSR count). The van der Waals surface area contributed by atoms with Gasteiger partial charge in [0.25, 0.3) is 5.89 Å². The lowest BCUT2D eigenvalue weighted by Crippen LogP contribution is -2.28. The number of carbonyl (C=O) groups is 2. The molecule has 1 aliphatic rings. The third kappa shape index (κ3) is 4.32. The van der Waals surface area contributed by atoms with Crippen molar-refractivity contribution in [2.24, 2.45) is 5.92 Å². The number of benzene rings is 3. The number of amides is 2. The average Bonchev–Trinajstić information content (AvgIpc) is 3.47. The summed E-state index contributed by atoms with van der Waals surface area (Å²) < 4.78 is 5.43. The minimum Gasteiger partial charge on any atom is -0.334 e. The maximum Gasteiger partial charge on any atom is 0.258 e. The molecule has 0 bridgehead atoms. The van der Waals surface area contributed by atoms with Crippen molar-refractivity contribution in [3.8, 4) is 22.8 Å². The van der Waals surface area contributed by atoms with Crippen LogP contribution in [0.15, 0.2) is 77.3 Å². The van der Waals surface area contributed by atoms with E-state index in [1.165, 1.54) is 0 Å². The number of aromatic nitrogens is 2. The van der Waals surface area contributed by atoms with Gasteiger partial charge in [-0.25, -0.2) is 0 Å². The highest BCUT2D eigenvalue weighted by Crippen LogP contribution is 2.29. The van der Waals surface area contributed by atoms with Gasteiger partial charge in [-0.15, -0.1) is 0 Å². The Labute approximate surface area is 197 Å². The van der Waals surface area contributed by atoms with Crippen LogP contribution >= 0.6 is 0 Å². The van der Waals surface area contributed by atoms with Crippen molar-refractivity contribution in [2.45, 2.75) is 20.3 Å². The van der Waals surface area contributed by atoms with Crippen LogP contribution in [0, 0.1) is 19.8 Å². The molecule has 2 heterocycles. The summed E-state index contributed by atoms with van der Waals surface area (Å²) in [7, 11) is 0. The first-order valence-corrected chi connectivity index (χ1v) is 11.2. The molecule has 2 amide bonds. The molecule has 0 saturated carbocycles. The van der Waals surface area contributed by atoms with Crippen LogP contribution in [0.5, 0.6) is 0 Å². The highest BCUT2D eigenvalue weighted by atomic mass is 16.5. The van der Waals surface area contributed by atoms with E-state index in [0.29, 0.717) is 23.9 Å². The topological polar surface area (TPSA) is 88.3 Å². The summed E-state index contributed by atoms with van der Waals surface area (Å²) in [6, 6.07) is 22.8. The third-order valence-corrected chi connectivity index (χ3v) is 6.00. The van der Waals surface area contributed by atoms with Crippen molar-refractivity contribution in [2.75, 3.05) is 16.8 Å². The number of hydrogen-bond donors (Lipinski definition) is 1. The first-order chi connectivity index (χ1) is 16.5. The smallest absolute Gasteiger partial charge is 0.258 e. The van der Waals surface area contributed by atoms with E-state index in [4.69, 9.17) is 4.52 Å². The maximum absolute atomic E-state index is 12.8. The lowest BCUT2D eigenvalue weighted by molar-refractivity contribution is -0.122. The van der Waals surface area contributed by atoms with Crippen molar-refractivity contribution in [1.29, 1.82) is 0 Å². The number of aryl methyl sites for hydroxylation is 2. The number of hydrogen-bond acceptors (Lipinski definition) is 5. The minimum atomic E-state index is -0.403. The molecular weight excluding hydrogens is 428 g/mol. The number of nitrogens with one attached hydrogen (secondary N) is 1. The van der Waals surface area contributed by atoms with Gasteiger partial charge in [-0.05, 0) is 55.8 Å². The average molecular weight is 453 g/mol. The van der Waals surface area contributed by atoms with Crippen molar-refractivity contribution < 1.29 is 14.1 Å². The van der Waals surface area contributed by atoms with E-state index in [2.05, 4.69) is 15.5 Å². The molecule has 34 heavy (non-hydrogen) atoms. The van der Waals surface area contributed by atoms with Gasteiger partial charge in [0.15, 0.2) is 0 Å². The normalized spacial score (nSPS) is 15.5. The molecule has 0 spiro atoms. The lowest BCUT2D eigenvalue weighted by atomic mass is 10.1. The number of anilines is 2. The molecule has 0 aliphatic carbocycles. The van der Waals surface area contributed by atoms with Crippen molar-refractivity contribution in [3.63, 3.8) is 0 Å². The van der Waals surface area contributed by atoms with Crippen LogP contribution in [0.25, 0.3) is 22.8 Å². The van der Waals surface area contributed by atoms with Crippen LogP contribution in [0.1, 0.15) is 17.5 Å². The van der Waals surface area contributed by atoms with Gasteiger partial charge in [-0.3, -0.25) is 9.59 Å². The zero-order valence-corrected chi connectivity index (χ0v) is 19.0. The molecule has 1 saturated heterocycles. The predicted molar refractivity (Wildman–Crippen MR) is 130 cm³/mol. The standard InChI is InChI=1S/C27H24N4O3/c1-17-6-5-8-20(14-17)25-29-27(34-30-25)19-10-12-22(13-11-19)28-26(33)21-15-24(32)31(16-21)23-9-4-3-7-18(23)2/h3-14,21H,15-16H2,1-2H3,(H,28,33)/t21-/m1/s1. The Balaban J connectivity index is 1.25. The zero-order valence-electron chi connectivity index (χ0n) is 19.0. The Bertz CT molecular complexity index is 1360. The van der Waals surface area contributed by atoms with E-state index in [1.807, 2.05) is 74.5 Å². The molecule has 1 fully saturated rings. The van der Waals surface area contributed by atoms with Crippen molar-refractivity contribution >= 4 is 23.2 Å².